The highest BCUT2D eigenvalue weighted by atomic mass is 35.5. The average Bonchev–Trinajstić information content (AvgIpc) is 2.30. The Morgan fingerprint density at radius 3 is 2.47 bits per heavy atom. The molecule has 2 aromatic heterocycles. The minimum absolute atomic E-state index is 0.0438. The Bertz CT molecular complexity index is 635. The van der Waals surface area contributed by atoms with E-state index in [4.69, 9.17) is 11.6 Å². The van der Waals surface area contributed by atoms with Crippen molar-refractivity contribution in [3.8, 4) is 0 Å². The number of aryl methyl sites for hydroxylation is 2. The van der Waals surface area contributed by atoms with E-state index in [0.717, 1.165) is 17.3 Å². The molecule has 0 unspecified atom stereocenters. The van der Waals surface area contributed by atoms with Gasteiger partial charge in [-0.25, -0.2) is 19.9 Å². The smallest absolute Gasteiger partial charge is 0.258 e. The molecule has 0 saturated carbocycles. The van der Waals surface area contributed by atoms with Crippen LogP contribution < -0.4 is 0 Å². The van der Waals surface area contributed by atoms with Crippen molar-refractivity contribution in [3.05, 3.63) is 39.0 Å². The number of nitrogens with zero attached hydrogens (tertiary/aromatic N) is 5. The van der Waals surface area contributed by atoms with Crippen LogP contribution in [0.5, 0.6) is 0 Å². The van der Waals surface area contributed by atoms with Crippen LogP contribution in [0.25, 0.3) is 0 Å². The molecular formula is C10H8ClN5O2S. The second kappa shape index (κ2) is 5.45. The van der Waals surface area contributed by atoms with Gasteiger partial charge in [0.25, 0.3) is 0 Å². The van der Waals surface area contributed by atoms with E-state index in [9.17, 15) is 10.1 Å². The van der Waals surface area contributed by atoms with Crippen molar-refractivity contribution in [2.24, 2.45) is 0 Å². The predicted molar refractivity (Wildman–Crippen MR) is 69.3 cm³/mol. The van der Waals surface area contributed by atoms with E-state index in [1.54, 1.807) is 12.4 Å². The van der Waals surface area contributed by atoms with E-state index in [-0.39, 0.29) is 21.7 Å². The molecule has 0 aromatic carbocycles. The molecule has 0 N–H and O–H groups in total. The van der Waals surface area contributed by atoms with Gasteiger partial charge in [-0.15, -0.1) is 0 Å². The molecule has 0 bridgehead atoms. The summed E-state index contributed by atoms with van der Waals surface area (Å²) in [6.45, 7) is 3.36. The normalized spacial score (nSPS) is 10.5. The molecule has 0 aliphatic carbocycles. The molecule has 2 heterocycles. The van der Waals surface area contributed by atoms with Crippen LogP contribution in [0, 0.1) is 24.0 Å². The lowest BCUT2D eigenvalue weighted by Gasteiger charge is -2.03. The molecular weight excluding hydrogens is 290 g/mol. The van der Waals surface area contributed by atoms with Gasteiger partial charge in [0.1, 0.15) is 5.69 Å². The third kappa shape index (κ3) is 3.15. The Morgan fingerprint density at radius 1 is 1.26 bits per heavy atom. The van der Waals surface area contributed by atoms with Crippen molar-refractivity contribution in [3.63, 3.8) is 0 Å². The molecule has 0 saturated heterocycles. The van der Waals surface area contributed by atoms with Gasteiger partial charge in [0.15, 0.2) is 10.2 Å². The van der Waals surface area contributed by atoms with Crippen LogP contribution in [0.3, 0.4) is 0 Å². The summed E-state index contributed by atoms with van der Waals surface area (Å²) in [4.78, 5) is 26.2. The Balaban J connectivity index is 2.44. The van der Waals surface area contributed by atoms with Crippen molar-refractivity contribution in [2.75, 3.05) is 0 Å². The molecule has 7 nitrogen and oxygen atoms in total. The number of rotatable bonds is 3. The topological polar surface area (TPSA) is 94.7 Å². The third-order valence-corrected chi connectivity index (χ3v) is 3.17. The summed E-state index contributed by atoms with van der Waals surface area (Å²) in [5.41, 5.74) is 0.925. The molecule has 0 spiro atoms. The second-order valence-electron chi connectivity index (χ2n) is 3.63. The van der Waals surface area contributed by atoms with Gasteiger partial charge in [0, 0.05) is 12.4 Å². The molecule has 2 rings (SSSR count). The van der Waals surface area contributed by atoms with Gasteiger partial charge >= 0.3 is 5.69 Å². The van der Waals surface area contributed by atoms with Gasteiger partial charge in [-0.05, 0) is 42.8 Å². The van der Waals surface area contributed by atoms with Crippen LogP contribution in [-0.2, 0) is 0 Å². The number of nitro groups is 1. The van der Waals surface area contributed by atoms with E-state index in [2.05, 4.69) is 19.9 Å². The summed E-state index contributed by atoms with van der Waals surface area (Å²) < 4.78 is 0. The van der Waals surface area contributed by atoms with E-state index in [1.807, 2.05) is 6.92 Å². The average molecular weight is 298 g/mol. The van der Waals surface area contributed by atoms with E-state index >= 15 is 0 Å². The highest BCUT2D eigenvalue weighted by Gasteiger charge is 2.23. The maximum Gasteiger partial charge on any atom is 0.322 e. The highest BCUT2D eigenvalue weighted by molar-refractivity contribution is 7.99. The summed E-state index contributed by atoms with van der Waals surface area (Å²) in [5, 5.41) is 11.5. The Labute approximate surface area is 117 Å². The molecule has 98 valence electrons. The molecule has 0 radical (unpaired) electrons. The van der Waals surface area contributed by atoms with Crippen LogP contribution in [0.1, 0.15) is 11.3 Å². The number of hydrogen-bond donors (Lipinski definition) is 0. The summed E-state index contributed by atoms with van der Waals surface area (Å²) in [7, 11) is 0. The zero-order valence-corrected chi connectivity index (χ0v) is 11.6. The lowest BCUT2D eigenvalue weighted by atomic mass is 10.4. The minimum Gasteiger partial charge on any atom is -0.258 e. The lowest BCUT2D eigenvalue weighted by Crippen LogP contribution is -2.01. The van der Waals surface area contributed by atoms with E-state index in [0.29, 0.717) is 5.16 Å². The number of hydrogen-bond acceptors (Lipinski definition) is 7. The maximum absolute atomic E-state index is 11.0. The van der Waals surface area contributed by atoms with Gasteiger partial charge in [0.2, 0.25) is 5.28 Å². The van der Waals surface area contributed by atoms with Gasteiger partial charge < -0.3 is 0 Å². The molecule has 2 aromatic rings. The number of halogens is 1. The second-order valence-corrected chi connectivity index (χ2v) is 4.93. The van der Waals surface area contributed by atoms with Crippen LogP contribution in [0.15, 0.2) is 22.6 Å². The van der Waals surface area contributed by atoms with Gasteiger partial charge in [-0.3, -0.25) is 10.1 Å². The van der Waals surface area contributed by atoms with Gasteiger partial charge in [0.05, 0.1) is 4.92 Å². The SMILES string of the molecule is Cc1cnc(Sc2nc(Cl)nc(C)c2[N+](=O)[O-])nc1. The first-order valence-electron chi connectivity index (χ1n) is 5.12. The third-order valence-electron chi connectivity index (χ3n) is 2.13. The Kier molecular flexibility index (Phi) is 3.91. The summed E-state index contributed by atoms with van der Waals surface area (Å²) in [6, 6.07) is 0. The van der Waals surface area contributed by atoms with Gasteiger partial charge in [-0.1, -0.05) is 0 Å². The van der Waals surface area contributed by atoms with Crippen molar-refractivity contribution >= 4 is 29.1 Å². The first-order chi connectivity index (χ1) is 8.97. The van der Waals surface area contributed by atoms with Crippen LogP contribution in [-0.4, -0.2) is 24.9 Å². The largest absolute Gasteiger partial charge is 0.322 e. The lowest BCUT2D eigenvalue weighted by molar-refractivity contribution is -0.389. The highest BCUT2D eigenvalue weighted by Crippen LogP contribution is 2.33. The van der Waals surface area contributed by atoms with Crippen molar-refractivity contribution in [1.82, 2.24) is 19.9 Å². The maximum atomic E-state index is 11.0. The monoisotopic (exact) mass is 297 g/mol. The number of aromatic nitrogens is 4. The van der Waals surface area contributed by atoms with Gasteiger partial charge in [-0.2, -0.15) is 0 Å². The van der Waals surface area contributed by atoms with Crippen LogP contribution in [0.2, 0.25) is 5.28 Å². The quantitative estimate of drug-likeness (QED) is 0.372. The van der Waals surface area contributed by atoms with E-state index in [1.165, 1.54) is 6.92 Å². The van der Waals surface area contributed by atoms with Crippen molar-refractivity contribution < 1.29 is 4.92 Å². The summed E-state index contributed by atoms with van der Waals surface area (Å²) >= 11 is 6.70. The van der Waals surface area contributed by atoms with Crippen LogP contribution in [0.4, 0.5) is 5.69 Å². The van der Waals surface area contributed by atoms with Crippen molar-refractivity contribution in [2.45, 2.75) is 24.0 Å². The fraction of sp³-hybridized carbons (Fsp3) is 0.200. The Hall–Kier alpha value is -1.80. The minimum atomic E-state index is -0.539. The summed E-state index contributed by atoms with van der Waals surface area (Å²) in [5.74, 6) is 0. The molecule has 0 aliphatic heterocycles. The molecule has 9 heteroatoms. The fourth-order valence-corrected chi connectivity index (χ4v) is 2.41. The summed E-state index contributed by atoms with van der Waals surface area (Å²) in [6.07, 6.45) is 3.24. The zero-order chi connectivity index (χ0) is 14.0. The first kappa shape index (κ1) is 13.6. The standard InChI is InChI=1S/C10H8ClN5O2S/c1-5-3-12-10(13-4-5)19-8-7(16(17)18)6(2)14-9(11)15-8/h3-4H,1-2H3. The molecule has 0 fully saturated rings. The predicted octanol–water partition coefficient (Wildman–Crippen LogP) is 2.60. The fourth-order valence-electron chi connectivity index (χ4n) is 1.31. The van der Waals surface area contributed by atoms with Crippen molar-refractivity contribution in [1.29, 1.82) is 0 Å². The zero-order valence-electron chi connectivity index (χ0n) is 9.99. The first-order valence-corrected chi connectivity index (χ1v) is 6.32. The Morgan fingerprint density at radius 2 is 1.89 bits per heavy atom. The molecule has 19 heavy (non-hydrogen) atoms. The molecule has 0 aliphatic rings. The molecule has 0 amide bonds. The van der Waals surface area contributed by atoms with E-state index < -0.39 is 4.92 Å². The molecule has 0 atom stereocenters. The van der Waals surface area contributed by atoms with Crippen LogP contribution >= 0.6 is 23.4 Å².